The van der Waals surface area contributed by atoms with E-state index in [0.29, 0.717) is 0 Å². The quantitative estimate of drug-likeness (QED) is 0.463. The molecule has 0 radical (unpaired) electrons. The summed E-state index contributed by atoms with van der Waals surface area (Å²) in [5, 5.41) is 4.69. The maximum Gasteiger partial charge on any atom is 0.0380 e. The van der Waals surface area contributed by atoms with Crippen molar-refractivity contribution >= 4 is 42.8 Å². The van der Waals surface area contributed by atoms with Crippen LogP contribution in [0.4, 0.5) is 0 Å². The molecular weight excluding hydrogens is 258 g/mol. The Hall–Kier alpha value is -1.71. The van der Waals surface area contributed by atoms with Crippen LogP contribution in [0.5, 0.6) is 0 Å². The molecule has 18 heavy (non-hydrogen) atoms. The van der Waals surface area contributed by atoms with E-state index < -0.39 is 0 Å². The van der Waals surface area contributed by atoms with E-state index >= 15 is 0 Å². The van der Waals surface area contributed by atoms with E-state index in [0.717, 1.165) is 0 Å². The molecule has 1 nitrogen and oxygen atoms in total. The van der Waals surface area contributed by atoms with Gasteiger partial charge in [-0.2, -0.15) is 0 Å². The van der Waals surface area contributed by atoms with E-state index in [2.05, 4.69) is 46.8 Å². The molecule has 0 aliphatic heterocycles. The highest BCUT2D eigenvalue weighted by Gasteiger charge is 2.05. The van der Waals surface area contributed by atoms with Crippen molar-refractivity contribution in [2.45, 2.75) is 0 Å². The van der Waals surface area contributed by atoms with Gasteiger partial charge in [0.15, 0.2) is 0 Å². The summed E-state index contributed by atoms with van der Waals surface area (Å²) in [6.45, 7) is 0. The van der Waals surface area contributed by atoms with Gasteiger partial charge in [-0.3, -0.25) is 4.98 Å². The van der Waals surface area contributed by atoms with Gasteiger partial charge in [0.25, 0.3) is 0 Å². The summed E-state index contributed by atoms with van der Waals surface area (Å²) in [4.78, 5) is 5.48. The Morgan fingerprint density at radius 1 is 0.889 bits per heavy atom. The molecule has 0 spiro atoms. The molecule has 0 saturated heterocycles. The summed E-state index contributed by atoms with van der Waals surface area (Å²) in [5.41, 5.74) is 1.30. The van der Waals surface area contributed by atoms with E-state index in [1.165, 1.54) is 30.6 Å². The van der Waals surface area contributed by atoms with Crippen molar-refractivity contribution in [1.82, 2.24) is 4.98 Å². The van der Waals surface area contributed by atoms with Gasteiger partial charge in [0, 0.05) is 32.1 Å². The number of nitrogens with zero attached hydrogens (tertiary/aromatic N) is 1. The largest absolute Gasteiger partial charge is 0.264 e. The Labute approximate surface area is 112 Å². The molecule has 0 amide bonds. The molecule has 0 aliphatic rings. The van der Waals surface area contributed by atoms with Crippen LogP contribution >= 0.6 is 22.7 Å². The smallest absolute Gasteiger partial charge is 0.0380 e. The average molecular weight is 267 g/mol. The third-order valence-corrected chi connectivity index (χ3v) is 5.10. The van der Waals surface area contributed by atoms with Gasteiger partial charge in [0.1, 0.15) is 0 Å². The second-order valence-electron chi connectivity index (χ2n) is 4.20. The monoisotopic (exact) mass is 267 g/mol. The number of hydrogen-bond donors (Lipinski definition) is 0. The first-order valence-corrected chi connectivity index (χ1v) is 7.41. The third kappa shape index (κ3) is 1.55. The number of fused-ring (bicyclic) bond motifs is 2. The summed E-state index contributed by atoms with van der Waals surface area (Å²) in [7, 11) is 0. The normalized spacial score (nSPS) is 11.3. The minimum atomic E-state index is 1.23. The molecule has 3 heteroatoms. The van der Waals surface area contributed by atoms with Crippen LogP contribution in [0, 0.1) is 0 Å². The van der Waals surface area contributed by atoms with E-state index in [1.807, 2.05) is 23.7 Å². The van der Waals surface area contributed by atoms with Crippen molar-refractivity contribution in [2.75, 3.05) is 0 Å². The van der Waals surface area contributed by atoms with Crippen LogP contribution in [0.3, 0.4) is 0 Å². The summed E-state index contributed by atoms with van der Waals surface area (Å²) in [5.74, 6) is 0. The number of hydrogen-bond acceptors (Lipinski definition) is 3. The van der Waals surface area contributed by atoms with Crippen molar-refractivity contribution in [3.8, 4) is 10.4 Å². The number of benzene rings is 1. The number of rotatable bonds is 1. The lowest BCUT2D eigenvalue weighted by Gasteiger charge is -1.96. The van der Waals surface area contributed by atoms with E-state index in [9.17, 15) is 0 Å². The number of aromatic nitrogens is 1. The van der Waals surface area contributed by atoms with Crippen molar-refractivity contribution in [2.24, 2.45) is 0 Å². The molecule has 0 aliphatic carbocycles. The van der Waals surface area contributed by atoms with Crippen LogP contribution in [-0.2, 0) is 0 Å². The molecule has 0 N–H and O–H groups in total. The third-order valence-electron chi connectivity index (χ3n) is 3.06. The fraction of sp³-hybridized carbons (Fsp3) is 0. The van der Waals surface area contributed by atoms with Gasteiger partial charge < -0.3 is 0 Å². The highest BCUT2D eigenvalue weighted by molar-refractivity contribution is 7.22. The van der Waals surface area contributed by atoms with Gasteiger partial charge >= 0.3 is 0 Å². The lowest BCUT2D eigenvalue weighted by atomic mass is 10.1. The summed E-state index contributed by atoms with van der Waals surface area (Å²) < 4.78 is 2.65. The topological polar surface area (TPSA) is 12.9 Å². The first kappa shape index (κ1) is 10.2. The molecule has 0 fully saturated rings. The van der Waals surface area contributed by atoms with Crippen LogP contribution in [0.15, 0.2) is 54.2 Å². The van der Waals surface area contributed by atoms with Crippen LogP contribution in [0.25, 0.3) is 30.6 Å². The van der Waals surface area contributed by atoms with Gasteiger partial charge in [-0.1, -0.05) is 12.1 Å². The summed E-state index contributed by atoms with van der Waals surface area (Å²) in [6.07, 6.45) is 3.78. The van der Waals surface area contributed by atoms with Gasteiger partial charge in [0.05, 0.1) is 0 Å². The average Bonchev–Trinajstić information content (AvgIpc) is 3.04. The Kier molecular flexibility index (Phi) is 2.22. The fourth-order valence-electron chi connectivity index (χ4n) is 2.13. The van der Waals surface area contributed by atoms with Gasteiger partial charge in [-0.25, -0.2) is 0 Å². The van der Waals surface area contributed by atoms with Crippen molar-refractivity contribution in [3.63, 3.8) is 0 Å². The zero-order valence-corrected chi connectivity index (χ0v) is 11.1. The van der Waals surface area contributed by atoms with Crippen molar-refractivity contribution < 1.29 is 0 Å². The van der Waals surface area contributed by atoms with Gasteiger partial charge in [-0.15, -0.1) is 22.7 Å². The second-order valence-corrected chi connectivity index (χ2v) is 6.23. The van der Waals surface area contributed by atoms with Crippen molar-refractivity contribution in [1.29, 1.82) is 0 Å². The van der Waals surface area contributed by atoms with Crippen LogP contribution in [0.2, 0.25) is 0 Å². The molecule has 0 bridgehead atoms. The molecule has 3 heterocycles. The molecule has 1 aromatic carbocycles. The zero-order valence-electron chi connectivity index (χ0n) is 9.46. The maximum atomic E-state index is 4.17. The fourth-order valence-corrected chi connectivity index (χ4v) is 3.99. The number of thiophene rings is 2. The second kappa shape index (κ2) is 3.90. The predicted octanol–water partition coefficient (Wildman–Crippen LogP) is 5.18. The van der Waals surface area contributed by atoms with E-state index in [-0.39, 0.29) is 0 Å². The first-order valence-electron chi connectivity index (χ1n) is 5.71. The van der Waals surface area contributed by atoms with E-state index in [4.69, 9.17) is 0 Å². The molecule has 0 saturated carbocycles. The summed E-state index contributed by atoms with van der Waals surface area (Å²) in [6, 6.07) is 13.1. The number of pyridine rings is 1. The van der Waals surface area contributed by atoms with Gasteiger partial charge in [-0.05, 0) is 40.6 Å². The lowest BCUT2D eigenvalue weighted by Crippen LogP contribution is -1.70. The standard InChI is InChI=1S/C15H9NS2/c1-2-11(7-14-10(1)4-6-17-14)15-8-12-9-16-5-3-13(12)18-15/h1-9H. The highest BCUT2D eigenvalue weighted by Crippen LogP contribution is 2.35. The molecule has 0 atom stereocenters. The minimum Gasteiger partial charge on any atom is -0.264 e. The molecular formula is C15H9NS2. The predicted molar refractivity (Wildman–Crippen MR) is 80.4 cm³/mol. The van der Waals surface area contributed by atoms with Crippen molar-refractivity contribution in [3.05, 3.63) is 54.2 Å². The van der Waals surface area contributed by atoms with Crippen LogP contribution in [-0.4, -0.2) is 4.98 Å². The Morgan fingerprint density at radius 3 is 2.83 bits per heavy atom. The van der Waals surface area contributed by atoms with Crippen LogP contribution < -0.4 is 0 Å². The molecule has 3 aromatic heterocycles. The highest BCUT2D eigenvalue weighted by atomic mass is 32.1. The van der Waals surface area contributed by atoms with E-state index in [1.54, 1.807) is 11.3 Å². The minimum absolute atomic E-state index is 1.23. The van der Waals surface area contributed by atoms with Crippen LogP contribution in [0.1, 0.15) is 0 Å². The summed E-state index contributed by atoms with van der Waals surface area (Å²) >= 11 is 3.62. The Bertz CT molecular complexity index is 809. The Balaban J connectivity index is 1.94. The zero-order chi connectivity index (χ0) is 11.9. The molecule has 4 aromatic rings. The first-order chi connectivity index (χ1) is 8.90. The SMILES string of the molecule is c1cc2sc(-c3ccc4ccsc4c3)cc2cn1. The van der Waals surface area contributed by atoms with Gasteiger partial charge in [0.2, 0.25) is 0 Å². The molecule has 86 valence electrons. The lowest BCUT2D eigenvalue weighted by molar-refractivity contribution is 1.37. The Morgan fingerprint density at radius 2 is 1.89 bits per heavy atom. The molecule has 4 rings (SSSR count). The maximum absolute atomic E-state index is 4.17. The molecule has 0 unspecified atom stereocenters.